The Morgan fingerprint density at radius 2 is 2.40 bits per heavy atom. The molecule has 0 saturated carbocycles. The number of nitrogens with zero attached hydrogens (tertiary/aromatic N) is 2. The molecule has 0 amide bonds. The Kier molecular flexibility index (Phi) is 4.08. The molecule has 1 atom stereocenters. The van der Waals surface area contributed by atoms with Crippen molar-refractivity contribution >= 4 is 27.6 Å². The molecule has 0 saturated heterocycles. The van der Waals surface area contributed by atoms with Crippen molar-refractivity contribution in [3.63, 3.8) is 0 Å². The number of aliphatic carboxylic acids is 1. The van der Waals surface area contributed by atoms with E-state index < -0.39 is 11.9 Å². The second-order valence-electron chi connectivity index (χ2n) is 3.45. The average molecular weight is 273 g/mol. The predicted octanol–water partition coefficient (Wildman–Crippen LogP) is 2.00. The zero-order chi connectivity index (χ0) is 11.4. The highest BCUT2D eigenvalue weighted by Gasteiger charge is 2.15. The highest BCUT2D eigenvalue weighted by molar-refractivity contribution is 9.10. The molecule has 1 aromatic heterocycles. The summed E-state index contributed by atoms with van der Waals surface area (Å²) in [5.74, 6) is -1.18. The molecular weight excluding hydrogens is 260 g/mol. The fraction of sp³-hybridized carbons (Fsp3) is 0.400. The smallest absolute Gasteiger partial charge is 0.308 e. The third kappa shape index (κ3) is 3.20. The Morgan fingerprint density at radius 1 is 1.73 bits per heavy atom. The zero-order valence-electron chi connectivity index (χ0n) is 8.64. The molecule has 0 fully saturated rings. The second kappa shape index (κ2) is 5.11. The molecule has 82 valence electrons. The fourth-order valence-corrected chi connectivity index (χ4v) is 1.82. The first-order valence-corrected chi connectivity index (χ1v) is 5.35. The van der Waals surface area contributed by atoms with Gasteiger partial charge in [-0.05, 0) is 22.0 Å². The maximum atomic E-state index is 10.7. The van der Waals surface area contributed by atoms with E-state index in [-0.39, 0.29) is 0 Å². The number of pyridine rings is 1. The molecule has 1 unspecified atom stereocenters. The van der Waals surface area contributed by atoms with Gasteiger partial charge in [0.05, 0.1) is 16.1 Å². The topological polar surface area (TPSA) is 53.4 Å². The number of hydrogen-bond donors (Lipinski definition) is 1. The first kappa shape index (κ1) is 12.0. The molecule has 5 heteroatoms. The van der Waals surface area contributed by atoms with E-state index in [9.17, 15) is 4.79 Å². The molecule has 0 aliphatic carbocycles. The number of carbonyl (C=O) groups is 1. The van der Waals surface area contributed by atoms with Gasteiger partial charge in [0.1, 0.15) is 0 Å². The summed E-state index contributed by atoms with van der Waals surface area (Å²) < 4.78 is 0.866. The summed E-state index contributed by atoms with van der Waals surface area (Å²) in [6.07, 6.45) is 3.37. The van der Waals surface area contributed by atoms with Crippen LogP contribution in [0, 0.1) is 5.92 Å². The minimum absolute atomic E-state index is 0.393. The lowest BCUT2D eigenvalue weighted by atomic mass is 10.1. The van der Waals surface area contributed by atoms with E-state index in [0.29, 0.717) is 6.54 Å². The first-order chi connectivity index (χ1) is 7.02. The number of anilines is 1. The van der Waals surface area contributed by atoms with Crippen LogP contribution in [-0.2, 0) is 4.79 Å². The van der Waals surface area contributed by atoms with E-state index in [4.69, 9.17) is 5.11 Å². The van der Waals surface area contributed by atoms with Crippen molar-refractivity contribution in [1.82, 2.24) is 4.98 Å². The molecule has 0 radical (unpaired) electrons. The molecule has 1 heterocycles. The standard InChI is InChI=1S/C10H13BrN2O2/c1-7(10(14)15)6-13(2)9-3-4-12-5-8(9)11/h3-5,7H,6H2,1-2H3,(H,14,15). The number of rotatable bonds is 4. The maximum Gasteiger partial charge on any atom is 0.308 e. The van der Waals surface area contributed by atoms with Crippen LogP contribution in [0.5, 0.6) is 0 Å². The molecule has 1 aromatic rings. The maximum absolute atomic E-state index is 10.7. The lowest BCUT2D eigenvalue weighted by Gasteiger charge is -2.22. The van der Waals surface area contributed by atoms with Gasteiger partial charge in [-0.3, -0.25) is 9.78 Å². The van der Waals surface area contributed by atoms with Gasteiger partial charge < -0.3 is 10.0 Å². The average Bonchev–Trinajstić information content (AvgIpc) is 2.18. The first-order valence-electron chi connectivity index (χ1n) is 4.56. The van der Waals surface area contributed by atoms with Crippen LogP contribution in [0.4, 0.5) is 5.69 Å². The normalized spacial score (nSPS) is 12.2. The van der Waals surface area contributed by atoms with Crippen LogP contribution >= 0.6 is 15.9 Å². The van der Waals surface area contributed by atoms with E-state index in [1.54, 1.807) is 19.3 Å². The highest BCUT2D eigenvalue weighted by Crippen LogP contribution is 2.24. The van der Waals surface area contributed by atoms with E-state index in [1.165, 1.54) is 0 Å². The van der Waals surface area contributed by atoms with E-state index >= 15 is 0 Å². The minimum Gasteiger partial charge on any atom is -0.481 e. The Hall–Kier alpha value is -1.10. The van der Waals surface area contributed by atoms with Crippen molar-refractivity contribution in [1.29, 1.82) is 0 Å². The predicted molar refractivity (Wildman–Crippen MR) is 62.0 cm³/mol. The molecular formula is C10H13BrN2O2. The number of carboxylic acid groups (broad SMARTS) is 1. The van der Waals surface area contributed by atoms with E-state index in [0.717, 1.165) is 10.2 Å². The van der Waals surface area contributed by atoms with Crippen LogP contribution in [-0.4, -0.2) is 29.7 Å². The van der Waals surface area contributed by atoms with Crippen molar-refractivity contribution in [3.05, 3.63) is 22.9 Å². The lowest BCUT2D eigenvalue weighted by Crippen LogP contribution is -2.28. The SMILES string of the molecule is CC(CN(C)c1ccncc1Br)C(=O)O. The summed E-state index contributed by atoms with van der Waals surface area (Å²) in [5, 5.41) is 8.80. The van der Waals surface area contributed by atoms with Crippen molar-refractivity contribution in [3.8, 4) is 0 Å². The van der Waals surface area contributed by atoms with Gasteiger partial charge in [0.15, 0.2) is 0 Å². The van der Waals surface area contributed by atoms with E-state index in [2.05, 4.69) is 20.9 Å². The van der Waals surface area contributed by atoms with Gasteiger partial charge >= 0.3 is 5.97 Å². The van der Waals surface area contributed by atoms with Gasteiger partial charge in [-0.2, -0.15) is 0 Å². The minimum atomic E-state index is -0.785. The third-order valence-electron chi connectivity index (χ3n) is 2.13. The van der Waals surface area contributed by atoms with Crippen LogP contribution in [0.15, 0.2) is 22.9 Å². The number of carboxylic acids is 1. The lowest BCUT2D eigenvalue weighted by molar-refractivity contribution is -0.140. The molecule has 0 bridgehead atoms. The summed E-state index contributed by atoms with van der Waals surface area (Å²) in [4.78, 5) is 16.5. The molecule has 0 spiro atoms. The van der Waals surface area contributed by atoms with Crippen LogP contribution < -0.4 is 4.90 Å². The van der Waals surface area contributed by atoms with Gasteiger partial charge in [0.2, 0.25) is 0 Å². The Labute approximate surface area is 97.1 Å². The van der Waals surface area contributed by atoms with E-state index in [1.807, 2.05) is 18.0 Å². The molecule has 0 aromatic carbocycles. The Morgan fingerprint density at radius 3 is 2.93 bits per heavy atom. The van der Waals surface area contributed by atoms with Gasteiger partial charge in [-0.15, -0.1) is 0 Å². The van der Waals surface area contributed by atoms with Crippen LogP contribution in [0.3, 0.4) is 0 Å². The van der Waals surface area contributed by atoms with Crippen molar-refractivity contribution in [2.24, 2.45) is 5.92 Å². The van der Waals surface area contributed by atoms with Crippen molar-refractivity contribution in [2.75, 3.05) is 18.5 Å². The van der Waals surface area contributed by atoms with Gasteiger partial charge in [0.25, 0.3) is 0 Å². The Balaban J connectivity index is 2.73. The number of hydrogen-bond acceptors (Lipinski definition) is 3. The molecule has 15 heavy (non-hydrogen) atoms. The monoisotopic (exact) mass is 272 g/mol. The fourth-order valence-electron chi connectivity index (χ4n) is 1.26. The molecule has 1 rings (SSSR count). The van der Waals surface area contributed by atoms with Gasteiger partial charge in [-0.1, -0.05) is 6.92 Å². The summed E-state index contributed by atoms with van der Waals surface area (Å²) in [6, 6.07) is 1.85. The van der Waals surface area contributed by atoms with Crippen molar-refractivity contribution in [2.45, 2.75) is 6.92 Å². The molecule has 0 aliphatic rings. The zero-order valence-corrected chi connectivity index (χ0v) is 10.2. The van der Waals surface area contributed by atoms with Crippen LogP contribution in [0.1, 0.15) is 6.92 Å². The second-order valence-corrected chi connectivity index (χ2v) is 4.30. The van der Waals surface area contributed by atoms with Crippen LogP contribution in [0.25, 0.3) is 0 Å². The molecule has 4 nitrogen and oxygen atoms in total. The number of aromatic nitrogens is 1. The quantitative estimate of drug-likeness (QED) is 0.911. The van der Waals surface area contributed by atoms with Gasteiger partial charge in [-0.25, -0.2) is 0 Å². The molecule has 1 N–H and O–H groups in total. The number of halogens is 1. The van der Waals surface area contributed by atoms with Gasteiger partial charge in [0, 0.05) is 26.0 Å². The Bertz CT molecular complexity index is 357. The third-order valence-corrected chi connectivity index (χ3v) is 2.74. The summed E-state index contributed by atoms with van der Waals surface area (Å²) in [6.45, 7) is 2.16. The summed E-state index contributed by atoms with van der Waals surface area (Å²) >= 11 is 3.37. The summed E-state index contributed by atoms with van der Waals surface area (Å²) in [7, 11) is 1.86. The van der Waals surface area contributed by atoms with Crippen molar-refractivity contribution < 1.29 is 9.90 Å². The highest BCUT2D eigenvalue weighted by atomic mass is 79.9. The molecule has 0 aliphatic heterocycles. The van der Waals surface area contributed by atoms with Crippen LogP contribution in [0.2, 0.25) is 0 Å². The summed E-state index contributed by atoms with van der Waals surface area (Å²) in [5.41, 5.74) is 0.943. The largest absolute Gasteiger partial charge is 0.481 e.